The second-order valence-corrected chi connectivity index (χ2v) is 5.51. The molecule has 0 unspecified atom stereocenters. The Bertz CT molecular complexity index is 827. The second kappa shape index (κ2) is 7.08. The van der Waals surface area contributed by atoms with E-state index in [0.29, 0.717) is 30.4 Å². The Kier molecular flexibility index (Phi) is 4.70. The number of benzene rings is 2. The molecule has 1 amide bonds. The first kappa shape index (κ1) is 15.9. The zero-order chi connectivity index (χ0) is 16.9. The third kappa shape index (κ3) is 3.35. The Morgan fingerprint density at radius 3 is 2.50 bits per heavy atom. The number of aryl methyl sites for hydroxylation is 1. The summed E-state index contributed by atoms with van der Waals surface area (Å²) < 4.78 is 5.31. The van der Waals surface area contributed by atoms with Gasteiger partial charge in [0.05, 0.1) is 0 Å². The van der Waals surface area contributed by atoms with E-state index in [2.05, 4.69) is 10.1 Å². The lowest BCUT2D eigenvalue weighted by Gasteiger charge is -2.19. The lowest BCUT2D eigenvalue weighted by Crippen LogP contribution is -2.30. The van der Waals surface area contributed by atoms with Crippen molar-refractivity contribution in [3.63, 3.8) is 0 Å². The molecule has 0 radical (unpaired) electrons. The van der Waals surface area contributed by atoms with Crippen molar-refractivity contribution >= 4 is 5.91 Å². The molecule has 24 heavy (non-hydrogen) atoms. The summed E-state index contributed by atoms with van der Waals surface area (Å²) in [4.78, 5) is 18.8. The monoisotopic (exact) mass is 321 g/mol. The molecule has 0 bridgehead atoms. The van der Waals surface area contributed by atoms with E-state index in [1.54, 1.807) is 4.90 Å². The predicted molar refractivity (Wildman–Crippen MR) is 91.3 cm³/mol. The molecule has 3 rings (SSSR count). The lowest BCUT2D eigenvalue weighted by molar-refractivity contribution is 0.0734. The number of amides is 1. The Hall–Kier alpha value is -2.95. The highest BCUT2D eigenvalue weighted by molar-refractivity contribution is 5.95. The standard InChI is InChI=1S/C19H19N3O2/c1-3-22(19(23)16-12-8-7-9-14(16)2)13-17-20-18(21-24-17)15-10-5-4-6-11-15/h4-12H,3,13H2,1-2H3. The van der Waals surface area contributed by atoms with Gasteiger partial charge in [0.15, 0.2) is 0 Å². The van der Waals surface area contributed by atoms with Crippen LogP contribution < -0.4 is 0 Å². The first-order valence-electron chi connectivity index (χ1n) is 7.92. The fourth-order valence-corrected chi connectivity index (χ4v) is 2.50. The van der Waals surface area contributed by atoms with E-state index in [9.17, 15) is 4.79 Å². The number of carbonyl (C=O) groups is 1. The maximum atomic E-state index is 12.7. The Labute approximate surface area is 140 Å². The summed E-state index contributed by atoms with van der Waals surface area (Å²) in [5.41, 5.74) is 2.54. The topological polar surface area (TPSA) is 59.2 Å². The van der Waals surface area contributed by atoms with Gasteiger partial charge < -0.3 is 9.42 Å². The van der Waals surface area contributed by atoms with Crippen LogP contribution in [0, 0.1) is 6.92 Å². The minimum atomic E-state index is -0.0324. The van der Waals surface area contributed by atoms with E-state index in [1.165, 1.54) is 0 Å². The number of rotatable bonds is 5. The smallest absolute Gasteiger partial charge is 0.254 e. The molecule has 2 aromatic carbocycles. The van der Waals surface area contributed by atoms with Crippen LogP contribution in [0.5, 0.6) is 0 Å². The third-order valence-corrected chi connectivity index (χ3v) is 3.87. The zero-order valence-corrected chi connectivity index (χ0v) is 13.8. The van der Waals surface area contributed by atoms with Crippen molar-refractivity contribution in [3.8, 4) is 11.4 Å². The molecule has 0 aliphatic rings. The number of hydrogen-bond acceptors (Lipinski definition) is 4. The van der Waals surface area contributed by atoms with Crippen molar-refractivity contribution in [1.29, 1.82) is 0 Å². The minimum Gasteiger partial charge on any atom is -0.337 e. The molecule has 3 aromatic rings. The van der Waals surface area contributed by atoms with E-state index >= 15 is 0 Å². The van der Waals surface area contributed by atoms with Gasteiger partial charge in [0.1, 0.15) is 6.54 Å². The molecule has 0 spiro atoms. The average molecular weight is 321 g/mol. The fraction of sp³-hybridized carbons (Fsp3) is 0.211. The van der Waals surface area contributed by atoms with Crippen LogP contribution >= 0.6 is 0 Å². The first-order chi connectivity index (χ1) is 11.7. The molecule has 1 heterocycles. The van der Waals surface area contributed by atoms with E-state index in [-0.39, 0.29) is 5.91 Å². The van der Waals surface area contributed by atoms with Gasteiger partial charge in [0, 0.05) is 17.7 Å². The van der Waals surface area contributed by atoms with Gasteiger partial charge in [0.2, 0.25) is 11.7 Å². The molecule has 0 N–H and O–H groups in total. The molecule has 0 fully saturated rings. The van der Waals surface area contributed by atoms with E-state index in [1.807, 2.05) is 68.4 Å². The molecule has 0 atom stereocenters. The summed E-state index contributed by atoms with van der Waals surface area (Å²) in [6, 6.07) is 17.2. The maximum absolute atomic E-state index is 12.7. The molecule has 0 aliphatic heterocycles. The van der Waals surface area contributed by atoms with Crippen molar-refractivity contribution in [2.75, 3.05) is 6.54 Å². The van der Waals surface area contributed by atoms with Crippen LogP contribution in [0.3, 0.4) is 0 Å². The van der Waals surface area contributed by atoms with Gasteiger partial charge in [-0.15, -0.1) is 0 Å². The lowest BCUT2D eigenvalue weighted by atomic mass is 10.1. The summed E-state index contributed by atoms with van der Waals surface area (Å²) in [6.07, 6.45) is 0. The Balaban J connectivity index is 1.78. The number of carbonyl (C=O) groups excluding carboxylic acids is 1. The Morgan fingerprint density at radius 2 is 1.79 bits per heavy atom. The highest BCUT2D eigenvalue weighted by Crippen LogP contribution is 2.17. The average Bonchev–Trinajstić information content (AvgIpc) is 3.09. The Morgan fingerprint density at radius 1 is 1.08 bits per heavy atom. The van der Waals surface area contributed by atoms with Gasteiger partial charge >= 0.3 is 0 Å². The van der Waals surface area contributed by atoms with Crippen molar-refractivity contribution in [2.24, 2.45) is 0 Å². The summed E-state index contributed by atoms with van der Waals surface area (Å²) in [5, 5.41) is 4.00. The van der Waals surface area contributed by atoms with Crippen LogP contribution in [0.1, 0.15) is 28.7 Å². The molecule has 5 nitrogen and oxygen atoms in total. The van der Waals surface area contributed by atoms with Crippen molar-refractivity contribution in [3.05, 3.63) is 71.6 Å². The third-order valence-electron chi connectivity index (χ3n) is 3.87. The van der Waals surface area contributed by atoms with Crippen LogP contribution in [0.2, 0.25) is 0 Å². The molecule has 0 aliphatic carbocycles. The van der Waals surface area contributed by atoms with Crippen LogP contribution in [-0.4, -0.2) is 27.5 Å². The van der Waals surface area contributed by atoms with Crippen molar-refractivity contribution in [2.45, 2.75) is 20.4 Å². The maximum Gasteiger partial charge on any atom is 0.254 e. The van der Waals surface area contributed by atoms with E-state index < -0.39 is 0 Å². The fourth-order valence-electron chi connectivity index (χ4n) is 2.50. The van der Waals surface area contributed by atoms with Gasteiger partial charge in [-0.3, -0.25) is 4.79 Å². The van der Waals surface area contributed by atoms with Gasteiger partial charge in [0.25, 0.3) is 5.91 Å². The van der Waals surface area contributed by atoms with Gasteiger partial charge in [-0.25, -0.2) is 0 Å². The molecular formula is C19H19N3O2. The molecule has 122 valence electrons. The predicted octanol–water partition coefficient (Wildman–Crippen LogP) is 3.71. The second-order valence-electron chi connectivity index (χ2n) is 5.51. The summed E-state index contributed by atoms with van der Waals surface area (Å²) in [6.45, 7) is 4.73. The molecule has 0 saturated heterocycles. The van der Waals surface area contributed by atoms with E-state index in [4.69, 9.17) is 4.52 Å². The van der Waals surface area contributed by atoms with Crippen molar-refractivity contribution in [1.82, 2.24) is 15.0 Å². The molecule has 0 saturated carbocycles. The quantitative estimate of drug-likeness (QED) is 0.719. The van der Waals surface area contributed by atoms with Crippen LogP contribution in [0.15, 0.2) is 59.1 Å². The van der Waals surface area contributed by atoms with Gasteiger partial charge in [-0.05, 0) is 25.5 Å². The van der Waals surface area contributed by atoms with Gasteiger partial charge in [-0.1, -0.05) is 53.7 Å². The van der Waals surface area contributed by atoms with Crippen LogP contribution in [0.25, 0.3) is 11.4 Å². The van der Waals surface area contributed by atoms with E-state index in [0.717, 1.165) is 11.1 Å². The highest BCUT2D eigenvalue weighted by Gasteiger charge is 2.19. The number of hydrogen-bond donors (Lipinski definition) is 0. The summed E-state index contributed by atoms with van der Waals surface area (Å²) in [5.74, 6) is 0.928. The largest absolute Gasteiger partial charge is 0.337 e. The van der Waals surface area contributed by atoms with Gasteiger partial charge in [-0.2, -0.15) is 4.98 Å². The summed E-state index contributed by atoms with van der Waals surface area (Å²) in [7, 11) is 0. The molecule has 1 aromatic heterocycles. The molecule has 5 heteroatoms. The number of aromatic nitrogens is 2. The van der Waals surface area contributed by atoms with Crippen LogP contribution in [-0.2, 0) is 6.54 Å². The van der Waals surface area contributed by atoms with Crippen molar-refractivity contribution < 1.29 is 9.32 Å². The van der Waals surface area contributed by atoms with Crippen LogP contribution in [0.4, 0.5) is 0 Å². The summed E-state index contributed by atoms with van der Waals surface area (Å²) >= 11 is 0. The minimum absolute atomic E-state index is 0.0324. The first-order valence-corrected chi connectivity index (χ1v) is 7.92. The number of nitrogens with zero attached hydrogens (tertiary/aromatic N) is 3. The molecular weight excluding hydrogens is 302 g/mol. The highest BCUT2D eigenvalue weighted by atomic mass is 16.5. The normalized spacial score (nSPS) is 10.6. The SMILES string of the molecule is CCN(Cc1nc(-c2ccccc2)no1)C(=O)c1ccccc1C. The zero-order valence-electron chi connectivity index (χ0n) is 13.8.